The molecule has 5 nitrogen and oxygen atoms in total. The molecule has 0 spiro atoms. The van der Waals surface area contributed by atoms with Crippen LogP contribution >= 0.6 is 24.0 Å². The molecule has 1 aliphatic rings. The molecule has 0 saturated carbocycles. The standard InChI is InChI=1S/C18H27N5.HI/c1-3-20-18(22-14-17-9-6-10-23(17)4-2)21-13-16-8-5-7-15(11-16)12-19;/h5,7-8,11,17H,3-4,6,9-10,13-14H2,1-2H3,(H2,20,21,22);1H. The Kier molecular flexibility index (Phi) is 9.72. The van der Waals surface area contributed by atoms with Crippen molar-refractivity contribution in [2.75, 3.05) is 26.2 Å². The largest absolute Gasteiger partial charge is 0.357 e. The number of hydrogen-bond donors (Lipinski definition) is 2. The number of likely N-dealkylation sites (tertiary alicyclic amines) is 1. The number of guanidine groups is 1. The van der Waals surface area contributed by atoms with Crippen LogP contribution in [0.5, 0.6) is 0 Å². The monoisotopic (exact) mass is 441 g/mol. The molecule has 2 N–H and O–H groups in total. The molecule has 1 saturated heterocycles. The Hall–Kier alpha value is -1.33. The number of benzene rings is 1. The first-order valence-corrected chi connectivity index (χ1v) is 8.52. The fraction of sp³-hybridized carbons (Fsp3) is 0.556. The van der Waals surface area contributed by atoms with Crippen LogP contribution in [0.25, 0.3) is 0 Å². The van der Waals surface area contributed by atoms with Gasteiger partial charge in [0.1, 0.15) is 0 Å². The molecule has 132 valence electrons. The second-order valence-electron chi connectivity index (χ2n) is 5.81. The summed E-state index contributed by atoms with van der Waals surface area (Å²) in [5, 5.41) is 15.7. The zero-order valence-corrected chi connectivity index (χ0v) is 16.9. The topological polar surface area (TPSA) is 63.5 Å². The number of nitriles is 1. The van der Waals surface area contributed by atoms with E-state index in [1.54, 1.807) is 0 Å². The fourth-order valence-electron chi connectivity index (χ4n) is 3.01. The third kappa shape index (κ3) is 6.29. The summed E-state index contributed by atoms with van der Waals surface area (Å²) >= 11 is 0. The minimum Gasteiger partial charge on any atom is -0.357 e. The summed E-state index contributed by atoms with van der Waals surface area (Å²) < 4.78 is 0. The van der Waals surface area contributed by atoms with Crippen molar-refractivity contribution in [3.05, 3.63) is 35.4 Å². The van der Waals surface area contributed by atoms with Crippen molar-refractivity contribution in [1.29, 1.82) is 5.26 Å². The van der Waals surface area contributed by atoms with Gasteiger partial charge < -0.3 is 10.6 Å². The number of halogens is 1. The summed E-state index contributed by atoms with van der Waals surface area (Å²) in [6.45, 7) is 8.96. The average molecular weight is 441 g/mol. The van der Waals surface area contributed by atoms with Crippen molar-refractivity contribution in [2.45, 2.75) is 39.3 Å². The highest BCUT2D eigenvalue weighted by atomic mass is 127. The van der Waals surface area contributed by atoms with Gasteiger partial charge in [-0.15, -0.1) is 24.0 Å². The van der Waals surface area contributed by atoms with Crippen LogP contribution in [0, 0.1) is 11.3 Å². The van der Waals surface area contributed by atoms with Gasteiger partial charge in [0.05, 0.1) is 18.2 Å². The summed E-state index contributed by atoms with van der Waals surface area (Å²) in [7, 11) is 0. The van der Waals surface area contributed by atoms with E-state index in [4.69, 9.17) is 5.26 Å². The maximum absolute atomic E-state index is 8.96. The molecular formula is C18H28IN5. The Balaban J connectivity index is 0.00000288. The molecule has 1 atom stereocenters. The molecular weight excluding hydrogens is 413 g/mol. The van der Waals surface area contributed by atoms with Gasteiger partial charge in [0.15, 0.2) is 5.96 Å². The van der Waals surface area contributed by atoms with Crippen molar-refractivity contribution in [3.63, 3.8) is 0 Å². The SMILES string of the molecule is CCNC(=NCc1cccc(C#N)c1)NCC1CCCN1CC.I. The molecule has 1 unspecified atom stereocenters. The van der Waals surface area contributed by atoms with E-state index < -0.39 is 0 Å². The van der Waals surface area contributed by atoms with Crippen LogP contribution < -0.4 is 10.6 Å². The maximum atomic E-state index is 8.96. The minimum absolute atomic E-state index is 0. The number of likely N-dealkylation sites (N-methyl/N-ethyl adjacent to an activating group) is 1. The Morgan fingerprint density at radius 1 is 1.38 bits per heavy atom. The third-order valence-corrected chi connectivity index (χ3v) is 4.23. The molecule has 2 rings (SSSR count). The summed E-state index contributed by atoms with van der Waals surface area (Å²) in [6.07, 6.45) is 2.54. The molecule has 1 heterocycles. The van der Waals surface area contributed by atoms with Gasteiger partial charge >= 0.3 is 0 Å². The smallest absolute Gasteiger partial charge is 0.191 e. The molecule has 0 amide bonds. The number of nitrogens with zero attached hydrogens (tertiary/aromatic N) is 3. The highest BCUT2D eigenvalue weighted by Gasteiger charge is 2.22. The van der Waals surface area contributed by atoms with Gasteiger partial charge in [-0.25, -0.2) is 4.99 Å². The van der Waals surface area contributed by atoms with Gasteiger partial charge in [0, 0.05) is 19.1 Å². The lowest BCUT2D eigenvalue weighted by molar-refractivity contribution is 0.267. The molecule has 1 fully saturated rings. The summed E-state index contributed by atoms with van der Waals surface area (Å²) in [4.78, 5) is 7.16. The van der Waals surface area contributed by atoms with Crippen LogP contribution in [0.1, 0.15) is 37.8 Å². The first kappa shape index (κ1) is 20.7. The van der Waals surface area contributed by atoms with Crippen LogP contribution in [0.2, 0.25) is 0 Å². The van der Waals surface area contributed by atoms with Crippen molar-refractivity contribution in [2.24, 2.45) is 4.99 Å². The quantitative estimate of drug-likeness (QED) is 0.405. The van der Waals surface area contributed by atoms with Gasteiger partial charge in [0.25, 0.3) is 0 Å². The van der Waals surface area contributed by atoms with E-state index in [0.717, 1.165) is 31.2 Å². The molecule has 0 aromatic heterocycles. The maximum Gasteiger partial charge on any atom is 0.191 e. The Labute approximate surface area is 162 Å². The normalized spacial score (nSPS) is 17.9. The Morgan fingerprint density at radius 3 is 2.92 bits per heavy atom. The second kappa shape index (κ2) is 11.3. The lowest BCUT2D eigenvalue weighted by atomic mass is 10.1. The fourth-order valence-corrected chi connectivity index (χ4v) is 3.01. The van der Waals surface area contributed by atoms with Gasteiger partial charge in [-0.05, 0) is 50.6 Å². The van der Waals surface area contributed by atoms with E-state index in [1.807, 2.05) is 24.3 Å². The van der Waals surface area contributed by atoms with Gasteiger partial charge in [-0.3, -0.25) is 4.90 Å². The molecule has 0 bridgehead atoms. The first-order chi connectivity index (χ1) is 11.3. The number of aliphatic imine (C=N–C) groups is 1. The summed E-state index contributed by atoms with van der Waals surface area (Å²) in [5.41, 5.74) is 1.73. The number of rotatable bonds is 6. The molecule has 6 heteroatoms. The van der Waals surface area contributed by atoms with Crippen LogP contribution in [0.3, 0.4) is 0 Å². The van der Waals surface area contributed by atoms with Crippen molar-refractivity contribution in [3.8, 4) is 6.07 Å². The zero-order valence-electron chi connectivity index (χ0n) is 14.6. The Morgan fingerprint density at radius 2 is 2.21 bits per heavy atom. The minimum atomic E-state index is 0. The lowest BCUT2D eigenvalue weighted by Crippen LogP contribution is -2.44. The number of nitrogens with one attached hydrogen (secondary N) is 2. The second-order valence-corrected chi connectivity index (χ2v) is 5.81. The van der Waals surface area contributed by atoms with E-state index in [1.165, 1.54) is 19.4 Å². The van der Waals surface area contributed by atoms with Crippen molar-refractivity contribution >= 4 is 29.9 Å². The highest BCUT2D eigenvalue weighted by molar-refractivity contribution is 14.0. The van der Waals surface area contributed by atoms with Crippen molar-refractivity contribution < 1.29 is 0 Å². The molecule has 24 heavy (non-hydrogen) atoms. The molecule has 1 aliphatic heterocycles. The lowest BCUT2D eigenvalue weighted by Gasteiger charge is -2.24. The average Bonchev–Trinajstić information content (AvgIpc) is 3.05. The first-order valence-electron chi connectivity index (χ1n) is 8.52. The molecule has 1 aromatic carbocycles. The van der Waals surface area contributed by atoms with Gasteiger partial charge in [-0.1, -0.05) is 19.1 Å². The predicted molar refractivity (Wildman–Crippen MR) is 110 cm³/mol. The highest BCUT2D eigenvalue weighted by Crippen LogP contribution is 2.15. The zero-order chi connectivity index (χ0) is 16.5. The van der Waals surface area contributed by atoms with Crippen LogP contribution in [0.15, 0.2) is 29.3 Å². The van der Waals surface area contributed by atoms with E-state index in [-0.39, 0.29) is 24.0 Å². The van der Waals surface area contributed by atoms with Crippen molar-refractivity contribution in [1.82, 2.24) is 15.5 Å². The van der Waals surface area contributed by atoms with E-state index in [2.05, 4.69) is 40.4 Å². The molecule has 1 aromatic rings. The Bertz CT molecular complexity index is 567. The predicted octanol–water partition coefficient (Wildman–Crippen LogP) is 2.72. The summed E-state index contributed by atoms with van der Waals surface area (Å²) in [6, 6.07) is 10.4. The number of hydrogen-bond acceptors (Lipinski definition) is 3. The van der Waals surface area contributed by atoms with E-state index in [9.17, 15) is 0 Å². The van der Waals surface area contributed by atoms with Gasteiger partial charge in [-0.2, -0.15) is 5.26 Å². The summed E-state index contributed by atoms with van der Waals surface area (Å²) in [5.74, 6) is 0.845. The van der Waals surface area contributed by atoms with E-state index >= 15 is 0 Å². The van der Waals surface area contributed by atoms with Crippen LogP contribution in [0.4, 0.5) is 0 Å². The van der Waals surface area contributed by atoms with Crippen LogP contribution in [-0.2, 0) is 6.54 Å². The van der Waals surface area contributed by atoms with Gasteiger partial charge in [0.2, 0.25) is 0 Å². The van der Waals surface area contributed by atoms with E-state index in [0.29, 0.717) is 18.2 Å². The molecule has 0 aliphatic carbocycles. The third-order valence-electron chi connectivity index (χ3n) is 4.23. The molecule has 0 radical (unpaired) electrons. The van der Waals surface area contributed by atoms with Crippen LogP contribution in [-0.4, -0.2) is 43.1 Å².